The molecule has 2 fully saturated rings. The molecular formula is C14H27N. The molecule has 1 saturated carbocycles. The fourth-order valence-electron chi connectivity index (χ4n) is 4.12. The Bertz CT molecular complexity index is 248. The first-order chi connectivity index (χ1) is 6.93. The first kappa shape index (κ1) is 11.4. The highest BCUT2D eigenvalue weighted by Gasteiger charge is 2.58. The summed E-state index contributed by atoms with van der Waals surface area (Å²) < 4.78 is 0. The Balaban J connectivity index is 2.23. The van der Waals surface area contributed by atoms with Gasteiger partial charge >= 0.3 is 0 Å². The van der Waals surface area contributed by atoms with E-state index < -0.39 is 0 Å². The van der Waals surface area contributed by atoms with Crippen LogP contribution < -0.4 is 0 Å². The Morgan fingerprint density at radius 1 is 1.27 bits per heavy atom. The molecule has 1 aliphatic heterocycles. The van der Waals surface area contributed by atoms with Crippen molar-refractivity contribution in [3.63, 3.8) is 0 Å². The van der Waals surface area contributed by atoms with E-state index in [4.69, 9.17) is 0 Å². The Hall–Kier alpha value is -0.0400. The Morgan fingerprint density at radius 2 is 1.93 bits per heavy atom. The zero-order chi connectivity index (χ0) is 11.3. The summed E-state index contributed by atoms with van der Waals surface area (Å²) in [5, 5.41) is 0. The molecule has 0 aromatic rings. The number of hydrogen-bond acceptors (Lipinski definition) is 1. The molecule has 0 spiro atoms. The lowest BCUT2D eigenvalue weighted by Crippen LogP contribution is -2.35. The molecule has 0 aromatic carbocycles. The fourth-order valence-corrected chi connectivity index (χ4v) is 4.12. The molecule has 1 heteroatoms. The molecule has 0 radical (unpaired) electrons. The molecular weight excluding hydrogens is 182 g/mol. The van der Waals surface area contributed by atoms with Crippen LogP contribution in [0.5, 0.6) is 0 Å². The van der Waals surface area contributed by atoms with E-state index in [0.717, 1.165) is 12.0 Å². The van der Waals surface area contributed by atoms with Gasteiger partial charge in [0.1, 0.15) is 0 Å². The van der Waals surface area contributed by atoms with Crippen molar-refractivity contribution in [2.24, 2.45) is 16.7 Å². The van der Waals surface area contributed by atoms with E-state index in [-0.39, 0.29) is 0 Å². The molecule has 0 amide bonds. The maximum atomic E-state index is 2.70. The summed E-state index contributed by atoms with van der Waals surface area (Å²) in [6, 6.07) is 0.724. The van der Waals surface area contributed by atoms with Gasteiger partial charge in [-0.1, -0.05) is 27.2 Å². The minimum atomic E-state index is 0.589. The lowest BCUT2D eigenvalue weighted by atomic mass is 9.66. The summed E-state index contributed by atoms with van der Waals surface area (Å²) >= 11 is 0. The van der Waals surface area contributed by atoms with E-state index in [2.05, 4.69) is 39.5 Å². The summed E-state index contributed by atoms with van der Waals surface area (Å²) in [6.45, 7) is 14.8. The quantitative estimate of drug-likeness (QED) is 0.672. The van der Waals surface area contributed by atoms with Gasteiger partial charge < -0.3 is 0 Å². The average Bonchev–Trinajstić information content (AvgIpc) is 2.53. The second kappa shape index (κ2) is 3.48. The molecule has 1 nitrogen and oxygen atoms in total. The molecule has 3 atom stereocenters. The zero-order valence-corrected chi connectivity index (χ0v) is 11.1. The smallest absolute Gasteiger partial charge is 0.00466 e. The predicted molar refractivity (Wildman–Crippen MR) is 65.9 cm³/mol. The first-order valence-electron chi connectivity index (χ1n) is 6.67. The highest BCUT2D eigenvalue weighted by molar-refractivity contribution is 5.09. The molecule has 1 heterocycles. The minimum absolute atomic E-state index is 0.589. The van der Waals surface area contributed by atoms with Crippen LogP contribution in [0, 0.1) is 16.7 Å². The normalized spacial score (nSPS) is 46.4. The molecule has 0 aromatic heterocycles. The van der Waals surface area contributed by atoms with Crippen molar-refractivity contribution in [3.05, 3.63) is 0 Å². The average molecular weight is 209 g/mol. The number of rotatable bonds is 2. The third-order valence-electron chi connectivity index (χ3n) is 5.63. The Morgan fingerprint density at radius 3 is 2.47 bits per heavy atom. The van der Waals surface area contributed by atoms with Gasteiger partial charge in [-0.15, -0.1) is 0 Å². The van der Waals surface area contributed by atoms with Gasteiger partial charge in [0.2, 0.25) is 0 Å². The van der Waals surface area contributed by atoms with Gasteiger partial charge in [-0.3, -0.25) is 4.90 Å². The zero-order valence-electron chi connectivity index (χ0n) is 11.1. The van der Waals surface area contributed by atoms with E-state index >= 15 is 0 Å². The maximum Gasteiger partial charge on any atom is 0.00466 e. The van der Waals surface area contributed by atoms with Crippen molar-refractivity contribution in [1.29, 1.82) is 0 Å². The van der Waals surface area contributed by atoms with Gasteiger partial charge in [0.15, 0.2) is 0 Å². The maximum absolute atomic E-state index is 2.70. The highest BCUT2D eigenvalue weighted by Crippen LogP contribution is 2.61. The summed E-state index contributed by atoms with van der Waals surface area (Å²) in [7, 11) is 0. The van der Waals surface area contributed by atoms with E-state index in [1.54, 1.807) is 0 Å². The van der Waals surface area contributed by atoms with Crippen molar-refractivity contribution in [2.45, 2.75) is 59.9 Å². The highest BCUT2D eigenvalue weighted by atomic mass is 15.2. The number of likely N-dealkylation sites (tertiary alicyclic amines) is 1. The Kier molecular flexibility index (Phi) is 2.65. The van der Waals surface area contributed by atoms with Gasteiger partial charge in [-0.25, -0.2) is 0 Å². The van der Waals surface area contributed by atoms with Crippen molar-refractivity contribution >= 4 is 0 Å². The van der Waals surface area contributed by atoms with Crippen LogP contribution in [0.1, 0.15) is 53.9 Å². The van der Waals surface area contributed by atoms with Crippen LogP contribution >= 0.6 is 0 Å². The third-order valence-corrected chi connectivity index (χ3v) is 5.63. The van der Waals surface area contributed by atoms with Gasteiger partial charge in [-0.05, 0) is 43.4 Å². The summed E-state index contributed by atoms with van der Waals surface area (Å²) in [5.74, 6) is 0.964. The van der Waals surface area contributed by atoms with Crippen molar-refractivity contribution in [2.75, 3.05) is 13.1 Å². The van der Waals surface area contributed by atoms with Crippen LogP contribution in [0.2, 0.25) is 0 Å². The fraction of sp³-hybridized carbons (Fsp3) is 1.00. The summed E-state index contributed by atoms with van der Waals surface area (Å²) in [5.41, 5.74) is 1.18. The van der Waals surface area contributed by atoms with Gasteiger partial charge in [0.05, 0.1) is 0 Å². The van der Waals surface area contributed by atoms with Gasteiger partial charge in [-0.2, -0.15) is 0 Å². The predicted octanol–water partition coefficient (Wildman–Crippen LogP) is 3.54. The SMILES string of the molecule is CCC1CC[C@]2(C)CN(C(C)C)C[C@]12C. The summed E-state index contributed by atoms with van der Waals surface area (Å²) in [6.07, 6.45) is 4.29. The third kappa shape index (κ3) is 1.46. The van der Waals surface area contributed by atoms with Gasteiger partial charge in [0.25, 0.3) is 0 Å². The van der Waals surface area contributed by atoms with E-state index in [0.29, 0.717) is 10.8 Å². The van der Waals surface area contributed by atoms with Crippen molar-refractivity contribution in [1.82, 2.24) is 4.90 Å². The van der Waals surface area contributed by atoms with Crippen molar-refractivity contribution < 1.29 is 0 Å². The number of nitrogens with zero attached hydrogens (tertiary/aromatic N) is 1. The number of fused-ring (bicyclic) bond motifs is 1. The van der Waals surface area contributed by atoms with Crippen LogP contribution in [0.3, 0.4) is 0 Å². The monoisotopic (exact) mass is 209 g/mol. The van der Waals surface area contributed by atoms with E-state index in [1.807, 2.05) is 0 Å². The molecule has 2 aliphatic rings. The molecule has 1 unspecified atom stereocenters. The van der Waals surface area contributed by atoms with Crippen LogP contribution in [-0.4, -0.2) is 24.0 Å². The first-order valence-corrected chi connectivity index (χ1v) is 6.67. The second-order valence-electron chi connectivity index (χ2n) is 6.62. The van der Waals surface area contributed by atoms with Gasteiger partial charge in [0, 0.05) is 19.1 Å². The largest absolute Gasteiger partial charge is 0.300 e. The van der Waals surface area contributed by atoms with Crippen LogP contribution in [0.25, 0.3) is 0 Å². The topological polar surface area (TPSA) is 3.24 Å². The summed E-state index contributed by atoms with van der Waals surface area (Å²) in [4.78, 5) is 2.70. The molecule has 0 bridgehead atoms. The molecule has 1 saturated heterocycles. The van der Waals surface area contributed by atoms with E-state index in [1.165, 1.54) is 32.4 Å². The van der Waals surface area contributed by atoms with Crippen LogP contribution in [-0.2, 0) is 0 Å². The van der Waals surface area contributed by atoms with E-state index in [9.17, 15) is 0 Å². The molecule has 0 N–H and O–H groups in total. The van der Waals surface area contributed by atoms with Crippen LogP contribution in [0.15, 0.2) is 0 Å². The standard InChI is InChI=1S/C14H27N/c1-6-12-7-8-13(4)9-15(11(2)3)10-14(12,13)5/h11-12H,6-10H2,1-5H3/t12?,13-,14-/m1/s1. The van der Waals surface area contributed by atoms with Crippen molar-refractivity contribution in [3.8, 4) is 0 Å². The van der Waals surface area contributed by atoms with Crippen LogP contribution in [0.4, 0.5) is 0 Å². The minimum Gasteiger partial charge on any atom is -0.300 e. The lowest BCUT2D eigenvalue weighted by molar-refractivity contribution is 0.125. The molecule has 88 valence electrons. The number of hydrogen-bond donors (Lipinski definition) is 0. The molecule has 15 heavy (non-hydrogen) atoms. The molecule has 2 rings (SSSR count). The lowest BCUT2D eigenvalue weighted by Gasteiger charge is -2.37. The Labute approximate surface area is 95.2 Å². The second-order valence-corrected chi connectivity index (χ2v) is 6.62. The molecule has 1 aliphatic carbocycles.